The minimum absolute atomic E-state index is 0.0629. The Morgan fingerprint density at radius 2 is 2.24 bits per heavy atom. The van der Waals surface area contributed by atoms with Crippen LogP contribution < -0.4 is 10.1 Å². The maximum Gasteiger partial charge on any atom is 0.244 e. The van der Waals surface area contributed by atoms with Gasteiger partial charge in [0.15, 0.2) is 0 Å². The van der Waals surface area contributed by atoms with Crippen molar-refractivity contribution < 1.29 is 9.53 Å². The number of carbonyl (C=O) groups is 1. The van der Waals surface area contributed by atoms with Crippen LogP contribution in [0.15, 0.2) is 18.6 Å². The van der Waals surface area contributed by atoms with Gasteiger partial charge in [0.25, 0.3) is 0 Å². The lowest BCUT2D eigenvalue weighted by atomic mass is 10.0. The highest BCUT2D eigenvalue weighted by Crippen LogP contribution is 2.32. The highest BCUT2D eigenvalue weighted by atomic mass is 16.5. The Hall–Kier alpha value is -2.37. The number of rotatable bonds is 4. The van der Waals surface area contributed by atoms with E-state index >= 15 is 0 Å². The molecule has 1 aliphatic heterocycles. The topological polar surface area (TPSA) is 79.9 Å². The van der Waals surface area contributed by atoms with Crippen molar-refractivity contribution in [1.82, 2.24) is 20.3 Å². The van der Waals surface area contributed by atoms with Gasteiger partial charge in [-0.05, 0) is 17.9 Å². The van der Waals surface area contributed by atoms with Gasteiger partial charge in [-0.15, -0.1) is 0 Å². The summed E-state index contributed by atoms with van der Waals surface area (Å²) in [5.74, 6) is 0.918. The molecule has 0 radical (unpaired) electrons. The Kier molecular flexibility index (Phi) is 3.60. The third kappa shape index (κ3) is 2.74. The number of nitrogens with one attached hydrogen (secondary N) is 2. The molecule has 3 rings (SSSR count). The monoisotopic (exact) mass is 286 g/mol. The van der Waals surface area contributed by atoms with Crippen molar-refractivity contribution in [2.45, 2.75) is 20.3 Å². The van der Waals surface area contributed by atoms with E-state index in [0.29, 0.717) is 24.9 Å². The number of aromatic amines is 1. The Balaban J connectivity index is 2.05. The third-order valence-corrected chi connectivity index (χ3v) is 3.33. The maximum atomic E-state index is 11.5. The molecular formula is C15H18N4O2. The van der Waals surface area contributed by atoms with Crippen LogP contribution in [0.4, 0.5) is 0 Å². The van der Waals surface area contributed by atoms with E-state index in [4.69, 9.17) is 4.74 Å². The third-order valence-electron chi connectivity index (χ3n) is 3.33. The second-order valence-electron chi connectivity index (χ2n) is 5.52. The van der Waals surface area contributed by atoms with Crippen molar-refractivity contribution in [3.8, 4) is 5.88 Å². The molecule has 6 heteroatoms. The molecule has 3 heterocycles. The highest BCUT2D eigenvalue weighted by molar-refractivity contribution is 6.02. The van der Waals surface area contributed by atoms with Crippen LogP contribution in [0.3, 0.4) is 0 Å². The predicted molar refractivity (Wildman–Crippen MR) is 79.8 cm³/mol. The molecular weight excluding hydrogens is 268 g/mol. The van der Waals surface area contributed by atoms with Crippen LogP contribution in [-0.2, 0) is 4.79 Å². The van der Waals surface area contributed by atoms with Gasteiger partial charge in [-0.1, -0.05) is 13.8 Å². The Bertz CT molecular complexity index is 703. The summed E-state index contributed by atoms with van der Waals surface area (Å²) in [6, 6.07) is 0. The fourth-order valence-electron chi connectivity index (χ4n) is 2.36. The first-order valence-electron chi connectivity index (χ1n) is 7.09. The van der Waals surface area contributed by atoms with E-state index in [-0.39, 0.29) is 5.91 Å². The number of amides is 1. The average Bonchev–Trinajstić information content (AvgIpc) is 2.89. The molecule has 21 heavy (non-hydrogen) atoms. The van der Waals surface area contributed by atoms with E-state index in [1.165, 1.54) is 6.33 Å². The van der Waals surface area contributed by atoms with Crippen molar-refractivity contribution in [2.75, 3.05) is 13.2 Å². The molecule has 1 aliphatic rings. The van der Waals surface area contributed by atoms with Crippen molar-refractivity contribution >= 4 is 22.5 Å². The first-order chi connectivity index (χ1) is 10.1. The van der Waals surface area contributed by atoms with E-state index in [1.807, 2.05) is 6.20 Å². The number of hydrogen-bond donors (Lipinski definition) is 2. The second kappa shape index (κ2) is 5.55. The van der Waals surface area contributed by atoms with Gasteiger partial charge in [-0.3, -0.25) is 4.79 Å². The van der Waals surface area contributed by atoms with Crippen LogP contribution in [0, 0.1) is 5.92 Å². The molecule has 6 nitrogen and oxygen atoms in total. The summed E-state index contributed by atoms with van der Waals surface area (Å²) < 4.78 is 5.80. The Morgan fingerprint density at radius 1 is 1.38 bits per heavy atom. The zero-order valence-corrected chi connectivity index (χ0v) is 12.1. The molecule has 0 atom stereocenters. The number of H-pyrrole nitrogens is 1. The fourth-order valence-corrected chi connectivity index (χ4v) is 2.36. The molecule has 110 valence electrons. The molecule has 2 aromatic rings. The van der Waals surface area contributed by atoms with Crippen LogP contribution in [-0.4, -0.2) is 34.0 Å². The summed E-state index contributed by atoms with van der Waals surface area (Å²) in [4.78, 5) is 23.1. The van der Waals surface area contributed by atoms with Crippen LogP contribution in [0.5, 0.6) is 5.88 Å². The van der Waals surface area contributed by atoms with Crippen molar-refractivity contribution in [1.29, 1.82) is 0 Å². The molecule has 2 N–H and O–H groups in total. The van der Waals surface area contributed by atoms with Gasteiger partial charge in [0, 0.05) is 24.4 Å². The van der Waals surface area contributed by atoms with Gasteiger partial charge in [0.05, 0.1) is 12.0 Å². The molecule has 0 saturated carbocycles. The number of nitrogens with zero attached hydrogens (tertiary/aromatic N) is 2. The van der Waals surface area contributed by atoms with Gasteiger partial charge in [-0.25, -0.2) is 9.97 Å². The van der Waals surface area contributed by atoms with E-state index < -0.39 is 0 Å². The quantitative estimate of drug-likeness (QED) is 0.899. The van der Waals surface area contributed by atoms with E-state index in [1.54, 1.807) is 6.08 Å². The van der Waals surface area contributed by atoms with Gasteiger partial charge in [-0.2, -0.15) is 0 Å². The van der Waals surface area contributed by atoms with Gasteiger partial charge in [0.2, 0.25) is 11.8 Å². The number of hydrogen-bond acceptors (Lipinski definition) is 4. The van der Waals surface area contributed by atoms with E-state index in [9.17, 15) is 4.79 Å². The molecule has 0 aromatic carbocycles. The second-order valence-corrected chi connectivity index (χ2v) is 5.52. The molecule has 0 saturated heterocycles. The van der Waals surface area contributed by atoms with Crippen LogP contribution in [0.25, 0.3) is 16.6 Å². The zero-order chi connectivity index (χ0) is 14.8. The van der Waals surface area contributed by atoms with E-state index in [0.717, 1.165) is 28.6 Å². The van der Waals surface area contributed by atoms with Crippen LogP contribution in [0.2, 0.25) is 0 Å². The average molecular weight is 286 g/mol. The number of aromatic nitrogens is 3. The van der Waals surface area contributed by atoms with Crippen molar-refractivity contribution in [2.24, 2.45) is 5.92 Å². The fraction of sp³-hybridized carbons (Fsp3) is 0.400. The van der Waals surface area contributed by atoms with Gasteiger partial charge >= 0.3 is 0 Å². The summed E-state index contributed by atoms with van der Waals surface area (Å²) in [7, 11) is 0. The number of carbonyl (C=O) groups excluding carboxylic acids is 1. The summed E-state index contributed by atoms with van der Waals surface area (Å²) in [6.45, 7) is 5.41. The van der Waals surface area contributed by atoms with Crippen LogP contribution >= 0.6 is 0 Å². The smallest absolute Gasteiger partial charge is 0.244 e. The summed E-state index contributed by atoms with van der Waals surface area (Å²) in [5.41, 5.74) is 2.65. The minimum atomic E-state index is -0.0629. The molecule has 0 aliphatic carbocycles. The maximum absolute atomic E-state index is 11.5. The molecule has 2 aromatic heterocycles. The lowest BCUT2D eigenvalue weighted by Gasteiger charge is -2.14. The first kappa shape index (κ1) is 13.6. The van der Waals surface area contributed by atoms with Gasteiger partial charge < -0.3 is 15.0 Å². The lowest BCUT2D eigenvalue weighted by Crippen LogP contribution is -2.26. The zero-order valence-electron chi connectivity index (χ0n) is 12.1. The Morgan fingerprint density at radius 3 is 3.00 bits per heavy atom. The molecule has 0 fully saturated rings. The van der Waals surface area contributed by atoms with Crippen molar-refractivity contribution in [3.05, 3.63) is 24.2 Å². The van der Waals surface area contributed by atoms with Crippen LogP contribution in [0.1, 0.15) is 25.8 Å². The minimum Gasteiger partial charge on any atom is -0.477 e. The van der Waals surface area contributed by atoms with Gasteiger partial charge in [0.1, 0.15) is 12.0 Å². The standard InChI is InChI=1S/C15H18N4O2/c1-9(2)7-21-15-13-11(6-17-14(13)18-8-19-15)10-3-4-16-12(20)5-10/h5-6,8-9H,3-4,7H2,1-2H3,(H,16,20)(H,17,18,19). The number of fused-ring (bicyclic) bond motifs is 1. The molecule has 0 unspecified atom stereocenters. The first-order valence-corrected chi connectivity index (χ1v) is 7.09. The molecule has 0 spiro atoms. The summed E-state index contributed by atoms with van der Waals surface area (Å²) >= 11 is 0. The summed E-state index contributed by atoms with van der Waals surface area (Å²) in [6.07, 6.45) is 5.77. The van der Waals surface area contributed by atoms with E-state index in [2.05, 4.69) is 34.1 Å². The number of ether oxygens (including phenoxy) is 1. The predicted octanol–water partition coefficient (Wildman–Crippen LogP) is 1.90. The molecule has 1 amide bonds. The molecule has 0 bridgehead atoms. The SMILES string of the molecule is CC(C)COc1ncnc2[nH]cc(C3=CC(=O)NCC3)c12. The largest absolute Gasteiger partial charge is 0.477 e. The summed E-state index contributed by atoms with van der Waals surface area (Å²) in [5, 5.41) is 3.64. The highest BCUT2D eigenvalue weighted by Gasteiger charge is 2.18. The Labute approximate surface area is 122 Å². The normalized spacial score (nSPS) is 15.2. The lowest BCUT2D eigenvalue weighted by molar-refractivity contribution is -0.116. The van der Waals surface area contributed by atoms with Crippen molar-refractivity contribution in [3.63, 3.8) is 0 Å².